The number of aryl methyl sites for hydroxylation is 1. The molecule has 11 nitrogen and oxygen atoms in total. The van der Waals surface area contributed by atoms with E-state index in [-0.39, 0.29) is 17.5 Å². The molecule has 3 N–H and O–H groups in total. The molecule has 2 aliphatic rings. The van der Waals surface area contributed by atoms with Crippen LogP contribution in [-0.4, -0.2) is 75.6 Å². The van der Waals surface area contributed by atoms with Crippen molar-refractivity contribution < 1.29 is 9.47 Å². The van der Waals surface area contributed by atoms with E-state index in [0.717, 1.165) is 51.4 Å². The lowest BCUT2D eigenvalue weighted by molar-refractivity contribution is 0.0342. The number of rotatable bonds is 6. The van der Waals surface area contributed by atoms with Crippen molar-refractivity contribution in [3.05, 3.63) is 76.2 Å². The highest BCUT2D eigenvalue weighted by molar-refractivity contribution is 6.05. The maximum atomic E-state index is 13.8. The summed E-state index contributed by atoms with van der Waals surface area (Å²) < 4.78 is 13.3. The van der Waals surface area contributed by atoms with E-state index in [1.54, 1.807) is 10.8 Å². The third-order valence-corrected chi connectivity index (χ3v) is 7.97. The van der Waals surface area contributed by atoms with E-state index in [4.69, 9.17) is 20.2 Å². The summed E-state index contributed by atoms with van der Waals surface area (Å²) in [6.45, 7) is 4.77. The number of pyridine rings is 1. The van der Waals surface area contributed by atoms with Crippen molar-refractivity contribution in [1.29, 1.82) is 0 Å². The normalized spacial score (nSPS) is 17.4. The molecular weight excluding hydrogens is 520 g/mol. The standard InChI is InChI=1S/C30H32N8O3/c1-36(18-22-11-8-20-4-2-3-5-24(20)41-22)30-32-16-23-26-25(27(31)35-34-26)29(39)38(28(23)33-30)21-9-6-19(7-10-21)17-37-12-14-40-15-13-37/h2-7,9-10,16,22H,8,11-15,17-18H2,1H3,(H3,31,34,35). The van der Waals surface area contributed by atoms with Crippen LogP contribution < -0.4 is 20.9 Å². The number of morpholine rings is 1. The third-order valence-electron chi connectivity index (χ3n) is 7.97. The molecule has 1 atom stereocenters. The van der Waals surface area contributed by atoms with Gasteiger partial charge in [-0.25, -0.2) is 4.98 Å². The summed E-state index contributed by atoms with van der Waals surface area (Å²) in [5.41, 5.74) is 9.97. The first-order valence-corrected chi connectivity index (χ1v) is 14.0. The molecule has 11 heteroatoms. The van der Waals surface area contributed by atoms with Crippen LogP contribution in [-0.2, 0) is 17.7 Å². The summed E-state index contributed by atoms with van der Waals surface area (Å²) in [6.07, 6.45) is 3.61. The van der Waals surface area contributed by atoms with Gasteiger partial charge in [-0.05, 0) is 42.2 Å². The summed E-state index contributed by atoms with van der Waals surface area (Å²) in [4.78, 5) is 27.8. The monoisotopic (exact) mass is 552 g/mol. The van der Waals surface area contributed by atoms with Gasteiger partial charge in [-0.3, -0.25) is 19.4 Å². The Labute approximate surface area is 236 Å². The molecule has 0 radical (unpaired) electrons. The molecule has 2 aromatic carbocycles. The average molecular weight is 553 g/mol. The molecule has 0 amide bonds. The number of likely N-dealkylation sites (N-methyl/N-ethyl adjacent to an activating group) is 1. The first kappa shape index (κ1) is 25.5. The number of anilines is 2. The fourth-order valence-corrected chi connectivity index (χ4v) is 5.77. The zero-order valence-corrected chi connectivity index (χ0v) is 22.9. The predicted octanol–water partition coefficient (Wildman–Crippen LogP) is 2.90. The molecule has 5 aromatic rings. The van der Waals surface area contributed by atoms with Crippen LogP contribution in [0.3, 0.4) is 0 Å². The molecule has 5 heterocycles. The van der Waals surface area contributed by atoms with Crippen LogP contribution in [0, 0.1) is 0 Å². The van der Waals surface area contributed by atoms with Crippen LogP contribution in [0.1, 0.15) is 17.5 Å². The lowest BCUT2D eigenvalue weighted by Crippen LogP contribution is -2.36. The SMILES string of the molecule is CN(CC1CCc2ccccc2O1)c1ncc2c3[nH]nc(N)c3c(=O)n(-c3ccc(CN4CCOCC4)cc3)c2n1. The number of hydrogen-bond acceptors (Lipinski definition) is 9. The van der Waals surface area contributed by atoms with E-state index >= 15 is 0 Å². The zero-order valence-electron chi connectivity index (χ0n) is 22.9. The largest absolute Gasteiger partial charge is 0.488 e. The average Bonchev–Trinajstić information content (AvgIpc) is 3.40. The van der Waals surface area contributed by atoms with Gasteiger partial charge < -0.3 is 20.1 Å². The van der Waals surface area contributed by atoms with Crippen LogP contribution in [0.2, 0.25) is 0 Å². The second-order valence-electron chi connectivity index (χ2n) is 10.7. The van der Waals surface area contributed by atoms with Gasteiger partial charge in [-0.1, -0.05) is 30.3 Å². The minimum atomic E-state index is -0.279. The molecule has 1 unspecified atom stereocenters. The van der Waals surface area contributed by atoms with E-state index in [9.17, 15) is 4.79 Å². The van der Waals surface area contributed by atoms with Crippen LogP contribution >= 0.6 is 0 Å². The van der Waals surface area contributed by atoms with Crippen molar-refractivity contribution in [3.8, 4) is 11.4 Å². The number of H-pyrrole nitrogens is 1. The number of nitrogens with one attached hydrogen (secondary N) is 1. The fourth-order valence-electron chi connectivity index (χ4n) is 5.77. The van der Waals surface area contributed by atoms with Gasteiger partial charge in [-0.15, -0.1) is 0 Å². The number of aromatic nitrogens is 5. The maximum Gasteiger partial charge on any atom is 0.270 e. The number of nitrogens with zero attached hydrogens (tertiary/aromatic N) is 6. The Morgan fingerprint density at radius 1 is 1.12 bits per heavy atom. The van der Waals surface area contributed by atoms with Gasteiger partial charge in [0.2, 0.25) is 5.95 Å². The number of nitrogen functional groups attached to an aromatic ring is 1. The van der Waals surface area contributed by atoms with E-state index in [1.165, 1.54) is 11.1 Å². The lowest BCUT2D eigenvalue weighted by Gasteiger charge is -2.29. The highest BCUT2D eigenvalue weighted by Crippen LogP contribution is 2.29. The summed E-state index contributed by atoms with van der Waals surface area (Å²) in [5.74, 6) is 1.59. The molecule has 1 saturated heterocycles. The number of nitrogens with two attached hydrogens (primary N) is 1. The summed E-state index contributed by atoms with van der Waals surface area (Å²) >= 11 is 0. The Bertz CT molecular complexity index is 1780. The van der Waals surface area contributed by atoms with Crippen LogP contribution in [0.25, 0.3) is 27.6 Å². The molecular formula is C30H32N8O3. The van der Waals surface area contributed by atoms with Crippen molar-refractivity contribution >= 4 is 33.7 Å². The van der Waals surface area contributed by atoms with Gasteiger partial charge in [0.15, 0.2) is 11.5 Å². The number of ether oxygens (including phenoxy) is 2. The van der Waals surface area contributed by atoms with Gasteiger partial charge in [0.25, 0.3) is 5.56 Å². The highest BCUT2D eigenvalue weighted by atomic mass is 16.5. The van der Waals surface area contributed by atoms with Crippen molar-refractivity contribution in [2.45, 2.75) is 25.5 Å². The molecule has 0 saturated carbocycles. The number of benzene rings is 2. The van der Waals surface area contributed by atoms with E-state index < -0.39 is 0 Å². The number of aromatic amines is 1. The number of para-hydroxylation sites is 1. The Hall–Kier alpha value is -4.48. The minimum Gasteiger partial charge on any atom is -0.488 e. The third kappa shape index (κ3) is 4.76. The van der Waals surface area contributed by atoms with Crippen molar-refractivity contribution in [1.82, 2.24) is 29.6 Å². The molecule has 1 fully saturated rings. The zero-order chi connectivity index (χ0) is 27.9. The molecule has 41 heavy (non-hydrogen) atoms. The van der Waals surface area contributed by atoms with Gasteiger partial charge >= 0.3 is 0 Å². The highest BCUT2D eigenvalue weighted by Gasteiger charge is 2.24. The summed E-state index contributed by atoms with van der Waals surface area (Å²) in [6, 6.07) is 16.2. The maximum absolute atomic E-state index is 13.8. The van der Waals surface area contributed by atoms with Crippen LogP contribution in [0.5, 0.6) is 5.75 Å². The second-order valence-corrected chi connectivity index (χ2v) is 10.7. The van der Waals surface area contributed by atoms with Crippen LogP contribution in [0.4, 0.5) is 11.8 Å². The van der Waals surface area contributed by atoms with Crippen molar-refractivity contribution in [2.75, 3.05) is 50.5 Å². The smallest absolute Gasteiger partial charge is 0.270 e. The molecule has 0 bridgehead atoms. The van der Waals surface area contributed by atoms with Crippen molar-refractivity contribution in [3.63, 3.8) is 0 Å². The Kier molecular flexibility index (Phi) is 6.52. The number of fused-ring (bicyclic) bond motifs is 4. The van der Waals surface area contributed by atoms with Crippen molar-refractivity contribution in [2.24, 2.45) is 0 Å². The first-order valence-electron chi connectivity index (χ1n) is 14.0. The van der Waals surface area contributed by atoms with Gasteiger partial charge in [-0.2, -0.15) is 10.1 Å². The molecule has 210 valence electrons. The Morgan fingerprint density at radius 3 is 2.76 bits per heavy atom. The topological polar surface area (TPSA) is 127 Å². The lowest BCUT2D eigenvalue weighted by atomic mass is 10.0. The van der Waals surface area contributed by atoms with E-state index in [0.29, 0.717) is 40.1 Å². The Balaban J connectivity index is 1.24. The van der Waals surface area contributed by atoms with Gasteiger partial charge in [0.05, 0.1) is 36.3 Å². The minimum absolute atomic E-state index is 0.00489. The second kappa shape index (κ2) is 10.5. The summed E-state index contributed by atoms with van der Waals surface area (Å²) in [5, 5.41) is 8.02. The molecule has 2 aliphatic heterocycles. The molecule has 7 rings (SSSR count). The molecule has 0 spiro atoms. The Morgan fingerprint density at radius 2 is 1.93 bits per heavy atom. The van der Waals surface area contributed by atoms with E-state index in [1.807, 2.05) is 42.3 Å². The fraction of sp³-hybridized carbons (Fsp3) is 0.333. The first-order chi connectivity index (χ1) is 20.0. The van der Waals surface area contributed by atoms with Gasteiger partial charge in [0.1, 0.15) is 17.2 Å². The molecule has 0 aliphatic carbocycles. The molecule has 3 aromatic heterocycles. The van der Waals surface area contributed by atoms with Crippen LogP contribution in [0.15, 0.2) is 59.5 Å². The van der Waals surface area contributed by atoms with E-state index in [2.05, 4.69) is 38.3 Å². The number of hydrogen-bond donors (Lipinski definition) is 2. The van der Waals surface area contributed by atoms with Gasteiger partial charge in [0, 0.05) is 32.9 Å². The quantitative estimate of drug-likeness (QED) is 0.327. The summed E-state index contributed by atoms with van der Waals surface area (Å²) in [7, 11) is 1.95. The predicted molar refractivity (Wildman–Crippen MR) is 158 cm³/mol.